The van der Waals surface area contributed by atoms with Gasteiger partial charge in [0, 0.05) is 36.3 Å². The number of rotatable bonds is 11. The highest BCUT2D eigenvalue weighted by Gasteiger charge is 2.30. The van der Waals surface area contributed by atoms with Crippen molar-refractivity contribution in [2.75, 3.05) is 20.3 Å². The maximum Gasteiger partial charge on any atom is 0.253 e. The lowest BCUT2D eigenvalue weighted by atomic mass is 10.0. The Morgan fingerprint density at radius 1 is 1.03 bits per heavy atom. The van der Waals surface area contributed by atoms with Crippen molar-refractivity contribution in [3.05, 3.63) is 122 Å². The average Bonchev–Trinajstić information content (AvgIpc) is 3.40. The largest absolute Gasteiger partial charge is 0.383 e. The number of aryl methyl sites for hydroxylation is 1. The normalized spacial score (nSPS) is 12.3. The Labute approximate surface area is 232 Å². The summed E-state index contributed by atoms with van der Waals surface area (Å²) in [7, 11) is 1.64. The predicted octanol–water partition coefficient (Wildman–Crippen LogP) is 4.96. The van der Waals surface area contributed by atoms with E-state index in [-0.39, 0.29) is 5.56 Å². The molecule has 0 aliphatic heterocycles. The Hall–Kier alpha value is -3.85. The number of benzene rings is 3. The highest BCUT2D eigenvalue weighted by Crippen LogP contribution is 2.29. The molecule has 0 saturated carbocycles. The van der Waals surface area contributed by atoms with E-state index in [1.54, 1.807) is 11.8 Å². The van der Waals surface area contributed by atoms with Crippen molar-refractivity contribution >= 4 is 22.5 Å². The van der Waals surface area contributed by atoms with Crippen LogP contribution in [-0.2, 0) is 24.2 Å². The van der Waals surface area contributed by atoms with Crippen LogP contribution in [0.5, 0.6) is 0 Å². The van der Waals surface area contributed by atoms with E-state index in [1.807, 2.05) is 73.7 Å². The number of methoxy groups -OCH3 is 1. The molecule has 1 N–H and O–H groups in total. The van der Waals surface area contributed by atoms with Gasteiger partial charge in [0.05, 0.1) is 13.2 Å². The van der Waals surface area contributed by atoms with Crippen LogP contribution < -0.4 is 5.56 Å². The number of tetrazole rings is 1. The smallest absolute Gasteiger partial charge is 0.253 e. The van der Waals surface area contributed by atoms with Crippen molar-refractivity contribution in [2.45, 2.75) is 32.5 Å². The number of hydrogen-bond donors (Lipinski definition) is 1. The minimum absolute atomic E-state index is 0.166. The molecule has 0 saturated heterocycles. The number of pyridine rings is 1. The van der Waals surface area contributed by atoms with E-state index >= 15 is 0 Å². The molecule has 0 amide bonds. The van der Waals surface area contributed by atoms with E-state index in [2.05, 4.69) is 37.5 Å². The fourth-order valence-electron chi connectivity index (χ4n) is 4.82. The first-order valence-electron chi connectivity index (χ1n) is 12.9. The van der Waals surface area contributed by atoms with Gasteiger partial charge in [0.15, 0.2) is 5.82 Å². The first kappa shape index (κ1) is 26.7. The lowest BCUT2D eigenvalue weighted by Gasteiger charge is -2.31. The third kappa shape index (κ3) is 6.42. The molecule has 9 heteroatoms. The summed E-state index contributed by atoms with van der Waals surface area (Å²) < 4.78 is 7.04. The number of H-pyrrole nitrogens is 1. The molecular weight excluding hydrogens is 512 g/mol. The Kier molecular flexibility index (Phi) is 8.46. The molecule has 39 heavy (non-hydrogen) atoms. The van der Waals surface area contributed by atoms with Gasteiger partial charge in [0.25, 0.3) is 5.56 Å². The van der Waals surface area contributed by atoms with Crippen LogP contribution in [0.25, 0.3) is 10.9 Å². The fourth-order valence-corrected chi connectivity index (χ4v) is 4.95. The van der Waals surface area contributed by atoms with Gasteiger partial charge in [0.1, 0.15) is 6.04 Å². The van der Waals surface area contributed by atoms with Crippen LogP contribution in [0.2, 0.25) is 5.02 Å². The van der Waals surface area contributed by atoms with E-state index in [0.29, 0.717) is 42.7 Å². The van der Waals surface area contributed by atoms with E-state index in [9.17, 15) is 4.79 Å². The maximum absolute atomic E-state index is 13.7. The van der Waals surface area contributed by atoms with Crippen molar-refractivity contribution < 1.29 is 4.74 Å². The number of halogens is 1. The van der Waals surface area contributed by atoms with Crippen LogP contribution in [-0.4, -0.2) is 50.4 Å². The third-order valence-corrected chi connectivity index (χ3v) is 7.08. The molecule has 0 radical (unpaired) electrons. The molecule has 2 heterocycles. The number of fused-ring (bicyclic) bond motifs is 1. The summed E-state index contributed by atoms with van der Waals surface area (Å²) in [6.07, 6.45) is 0.787. The van der Waals surface area contributed by atoms with Gasteiger partial charge in [-0.1, -0.05) is 66.2 Å². The number of ether oxygens (including phenoxy) is 1. The second-order valence-corrected chi connectivity index (χ2v) is 10.1. The zero-order chi connectivity index (χ0) is 27.2. The number of aromatic amines is 1. The lowest BCUT2D eigenvalue weighted by molar-refractivity contribution is 0.172. The van der Waals surface area contributed by atoms with E-state index in [0.717, 1.165) is 28.5 Å². The third-order valence-electron chi connectivity index (χ3n) is 6.83. The molecule has 5 rings (SSSR count). The van der Waals surface area contributed by atoms with Gasteiger partial charge in [-0.3, -0.25) is 9.69 Å². The SMILES string of the molecule is COCCn1nnnc1[C@H](c1cc2ccc(C)cc2[nH]c1=O)N(CCc1ccccc1)Cc1ccc(Cl)cc1. The van der Waals surface area contributed by atoms with E-state index < -0.39 is 6.04 Å². The molecule has 5 aromatic rings. The minimum atomic E-state index is -0.509. The van der Waals surface area contributed by atoms with Gasteiger partial charge in [-0.15, -0.1) is 5.10 Å². The molecule has 3 aromatic carbocycles. The van der Waals surface area contributed by atoms with Crippen molar-refractivity contribution in [2.24, 2.45) is 0 Å². The van der Waals surface area contributed by atoms with Crippen LogP contribution in [0.15, 0.2) is 83.7 Å². The summed E-state index contributed by atoms with van der Waals surface area (Å²) in [6.45, 7) is 4.15. The molecular formula is C30H31ClN6O2. The van der Waals surface area contributed by atoms with Crippen molar-refractivity contribution in [3.63, 3.8) is 0 Å². The topological polar surface area (TPSA) is 88.9 Å². The van der Waals surface area contributed by atoms with Crippen molar-refractivity contribution in [1.82, 2.24) is 30.1 Å². The van der Waals surface area contributed by atoms with Crippen molar-refractivity contribution in [3.8, 4) is 0 Å². The summed E-state index contributed by atoms with van der Waals surface area (Å²) in [5.41, 5.74) is 4.58. The zero-order valence-corrected chi connectivity index (χ0v) is 22.8. The van der Waals surface area contributed by atoms with Gasteiger partial charge in [-0.05, 0) is 70.1 Å². The molecule has 0 bridgehead atoms. The number of hydrogen-bond acceptors (Lipinski definition) is 6. The Morgan fingerprint density at radius 2 is 1.82 bits per heavy atom. The molecule has 200 valence electrons. The summed E-state index contributed by atoms with van der Waals surface area (Å²) >= 11 is 6.18. The predicted molar refractivity (Wildman–Crippen MR) is 153 cm³/mol. The van der Waals surface area contributed by atoms with Gasteiger partial charge in [-0.25, -0.2) is 4.68 Å². The minimum Gasteiger partial charge on any atom is -0.383 e. The second kappa shape index (κ2) is 12.3. The molecule has 0 aliphatic carbocycles. The van der Waals surface area contributed by atoms with Gasteiger partial charge in [-0.2, -0.15) is 0 Å². The molecule has 1 atom stereocenters. The van der Waals surface area contributed by atoms with E-state index in [4.69, 9.17) is 16.3 Å². The van der Waals surface area contributed by atoms with Crippen LogP contribution in [0, 0.1) is 6.92 Å². The van der Waals surface area contributed by atoms with Crippen LogP contribution in [0.4, 0.5) is 0 Å². The fraction of sp³-hybridized carbons (Fsp3) is 0.267. The highest BCUT2D eigenvalue weighted by molar-refractivity contribution is 6.30. The average molecular weight is 543 g/mol. The summed E-state index contributed by atoms with van der Waals surface area (Å²) in [5.74, 6) is 0.589. The monoisotopic (exact) mass is 542 g/mol. The number of nitrogens with zero attached hydrogens (tertiary/aromatic N) is 5. The van der Waals surface area contributed by atoms with Crippen LogP contribution >= 0.6 is 11.6 Å². The molecule has 0 unspecified atom stereocenters. The summed E-state index contributed by atoms with van der Waals surface area (Å²) in [4.78, 5) is 19.0. The standard InChI is InChI=1S/C30H31ClN6O2/c1-21-8-11-24-19-26(30(38)32-27(24)18-21)28(29-33-34-35-37(29)16-17-39-2)36(15-14-22-6-4-3-5-7-22)20-23-9-12-25(31)13-10-23/h3-13,18-19,28H,14-17,20H2,1-2H3,(H,32,38)/t28-/m0/s1. The van der Waals surface area contributed by atoms with Crippen molar-refractivity contribution in [1.29, 1.82) is 0 Å². The molecule has 8 nitrogen and oxygen atoms in total. The molecule has 0 spiro atoms. The summed E-state index contributed by atoms with van der Waals surface area (Å²) in [5, 5.41) is 14.3. The van der Waals surface area contributed by atoms with Crippen LogP contribution in [0.3, 0.4) is 0 Å². The first-order valence-corrected chi connectivity index (χ1v) is 13.3. The Morgan fingerprint density at radius 3 is 2.59 bits per heavy atom. The Balaban J connectivity index is 1.64. The summed E-state index contributed by atoms with van der Waals surface area (Å²) in [6, 6.07) is 25.6. The first-order chi connectivity index (χ1) is 19.0. The van der Waals surface area contributed by atoms with Gasteiger partial charge in [0.2, 0.25) is 0 Å². The van der Waals surface area contributed by atoms with Gasteiger partial charge < -0.3 is 9.72 Å². The van der Waals surface area contributed by atoms with E-state index in [1.165, 1.54) is 5.56 Å². The quantitative estimate of drug-likeness (QED) is 0.254. The molecule has 0 aliphatic rings. The zero-order valence-electron chi connectivity index (χ0n) is 22.0. The number of nitrogens with one attached hydrogen (secondary N) is 1. The maximum atomic E-state index is 13.7. The highest BCUT2D eigenvalue weighted by atomic mass is 35.5. The van der Waals surface area contributed by atoms with Crippen LogP contribution in [0.1, 0.15) is 34.1 Å². The lowest BCUT2D eigenvalue weighted by Crippen LogP contribution is -2.36. The molecule has 0 fully saturated rings. The molecule has 2 aromatic heterocycles. The number of aromatic nitrogens is 5. The second-order valence-electron chi connectivity index (χ2n) is 9.63. The van der Waals surface area contributed by atoms with Gasteiger partial charge >= 0.3 is 0 Å². The Bertz CT molecular complexity index is 1580.